The Kier molecular flexibility index (Phi) is 3.42. The number of hydrogen-bond acceptors (Lipinski definition) is 3. The smallest absolute Gasteiger partial charge is 0.403 e. The van der Waals surface area contributed by atoms with Crippen LogP contribution in [0.4, 0.5) is 13.2 Å². The summed E-state index contributed by atoms with van der Waals surface area (Å²) in [7, 11) is 0. The number of nitrogens with zero attached hydrogens (tertiary/aromatic N) is 2. The first-order chi connectivity index (χ1) is 6.85. The summed E-state index contributed by atoms with van der Waals surface area (Å²) in [6.07, 6.45) is -3.95. The lowest BCUT2D eigenvalue weighted by atomic mass is 10.3. The third-order valence-corrected chi connectivity index (χ3v) is 2.14. The van der Waals surface area contributed by atoms with Crippen LogP contribution in [0.5, 0.6) is 5.75 Å². The first-order valence-corrected chi connectivity index (χ1v) is 4.52. The molecule has 0 unspecified atom stereocenters. The van der Waals surface area contributed by atoms with Crippen molar-refractivity contribution in [1.82, 2.24) is 4.98 Å². The highest BCUT2D eigenvalue weighted by Crippen LogP contribution is 2.35. The second-order valence-electron chi connectivity index (χ2n) is 2.26. The fraction of sp³-hybridized carbons (Fsp3) is 0.143. The molecule has 15 heavy (non-hydrogen) atoms. The molecule has 3 nitrogen and oxygen atoms in total. The molecule has 0 amide bonds. The van der Waals surface area contributed by atoms with Crippen LogP contribution in [0.25, 0.3) is 0 Å². The van der Waals surface area contributed by atoms with Gasteiger partial charge in [0.05, 0.1) is 6.20 Å². The molecule has 1 aromatic heterocycles. The van der Waals surface area contributed by atoms with E-state index in [1.54, 1.807) is 0 Å². The summed E-state index contributed by atoms with van der Waals surface area (Å²) in [4.78, 5) is 3.56. The van der Waals surface area contributed by atoms with Crippen LogP contribution in [-0.2, 0) is 0 Å². The van der Waals surface area contributed by atoms with Crippen molar-refractivity contribution in [2.45, 2.75) is 6.36 Å². The highest BCUT2D eigenvalue weighted by atomic mass is 79.9. The second kappa shape index (κ2) is 4.24. The standard InChI is InChI=1S/C7HBrClF3N2O/c8-6-3(1-13)5(4(9)2-14-6)15-7(10,11)12/h2H. The van der Waals surface area contributed by atoms with Crippen molar-refractivity contribution < 1.29 is 17.9 Å². The lowest BCUT2D eigenvalue weighted by Gasteiger charge is -2.11. The number of hydrogen-bond donors (Lipinski definition) is 0. The van der Waals surface area contributed by atoms with E-state index < -0.39 is 17.7 Å². The van der Waals surface area contributed by atoms with Gasteiger partial charge in [0.2, 0.25) is 0 Å². The van der Waals surface area contributed by atoms with Crippen LogP contribution < -0.4 is 4.74 Å². The Hall–Kier alpha value is -1.00. The normalized spacial score (nSPS) is 10.9. The Morgan fingerprint density at radius 1 is 1.53 bits per heavy atom. The maximum absolute atomic E-state index is 11.9. The van der Waals surface area contributed by atoms with Crippen molar-refractivity contribution in [3.05, 3.63) is 21.4 Å². The number of aromatic nitrogens is 1. The van der Waals surface area contributed by atoms with E-state index in [1.165, 1.54) is 6.07 Å². The van der Waals surface area contributed by atoms with Gasteiger partial charge in [-0.25, -0.2) is 4.98 Å². The van der Waals surface area contributed by atoms with Gasteiger partial charge < -0.3 is 4.74 Å². The minimum Gasteiger partial charge on any atom is -0.403 e. The van der Waals surface area contributed by atoms with E-state index in [2.05, 4.69) is 25.7 Å². The van der Waals surface area contributed by atoms with Gasteiger partial charge in [0.15, 0.2) is 5.75 Å². The van der Waals surface area contributed by atoms with Gasteiger partial charge >= 0.3 is 6.36 Å². The molecule has 0 atom stereocenters. The quantitative estimate of drug-likeness (QED) is 0.748. The van der Waals surface area contributed by atoms with Crippen molar-refractivity contribution in [2.24, 2.45) is 0 Å². The highest BCUT2D eigenvalue weighted by molar-refractivity contribution is 9.10. The maximum atomic E-state index is 11.9. The third kappa shape index (κ3) is 2.97. The van der Waals surface area contributed by atoms with E-state index in [4.69, 9.17) is 16.9 Å². The Morgan fingerprint density at radius 3 is 2.60 bits per heavy atom. The average molecular weight is 301 g/mol. The Labute approximate surface area is 95.6 Å². The lowest BCUT2D eigenvalue weighted by Crippen LogP contribution is -2.18. The van der Waals surface area contributed by atoms with Crippen molar-refractivity contribution >= 4 is 27.5 Å². The second-order valence-corrected chi connectivity index (χ2v) is 3.42. The fourth-order valence-corrected chi connectivity index (χ4v) is 1.31. The van der Waals surface area contributed by atoms with Gasteiger partial charge in [-0.2, -0.15) is 5.26 Å². The summed E-state index contributed by atoms with van der Waals surface area (Å²) in [5.41, 5.74) is -0.403. The first-order valence-electron chi connectivity index (χ1n) is 3.35. The van der Waals surface area contributed by atoms with Gasteiger partial charge in [0.25, 0.3) is 0 Å². The molecular weight excluding hydrogens is 300 g/mol. The summed E-state index contributed by atoms with van der Waals surface area (Å²) in [6, 6.07) is 1.51. The Balaban J connectivity index is 3.28. The molecule has 0 bridgehead atoms. The van der Waals surface area contributed by atoms with E-state index in [0.717, 1.165) is 6.20 Å². The van der Waals surface area contributed by atoms with Gasteiger partial charge in [-0.3, -0.25) is 0 Å². The number of pyridine rings is 1. The predicted octanol–water partition coefficient (Wildman–Crippen LogP) is 3.27. The molecule has 0 aliphatic rings. The lowest BCUT2D eigenvalue weighted by molar-refractivity contribution is -0.274. The molecule has 0 aliphatic carbocycles. The van der Waals surface area contributed by atoms with Crippen LogP contribution >= 0.6 is 27.5 Å². The van der Waals surface area contributed by atoms with E-state index in [1.807, 2.05) is 0 Å². The van der Waals surface area contributed by atoms with Gasteiger partial charge in [0, 0.05) is 0 Å². The molecule has 1 heterocycles. The van der Waals surface area contributed by atoms with E-state index in [9.17, 15) is 13.2 Å². The molecule has 80 valence electrons. The molecule has 0 saturated carbocycles. The van der Waals surface area contributed by atoms with Gasteiger partial charge in [-0.1, -0.05) is 11.6 Å². The van der Waals surface area contributed by atoms with Crippen molar-refractivity contribution in [3.8, 4) is 11.8 Å². The van der Waals surface area contributed by atoms with Crippen molar-refractivity contribution in [3.63, 3.8) is 0 Å². The minimum absolute atomic E-state index is 0.0614. The van der Waals surface area contributed by atoms with Gasteiger partial charge in [0.1, 0.15) is 21.3 Å². The Morgan fingerprint density at radius 2 is 2.13 bits per heavy atom. The number of alkyl halides is 3. The van der Waals surface area contributed by atoms with Crippen LogP contribution in [-0.4, -0.2) is 11.3 Å². The minimum atomic E-state index is -4.91. The maximum Gasteiger partial charge on any atom is 0.573 e. The molecule has 0 saturated heterocycles. The van der Waals surface area contributed by atoms with Crippen molar-refractivity contribution in [1.29, 1.82) is 5.26 Å². The SMILES string of the molecule is N#Cc1c(Br)ncc(Cl)c1OC(F)(F)F. The van der Waals surface area contributed by atoms with Crippen molar-refractivity contribution in [2.75, 3.05) is 0 Å². The van der Waals surface area contributed by atoms with Gasteiger partial charge in [-0.15, -0.1) is 13.2 Å². The monoisotopic (exact) mass is 300 g/mol. The van der Waals surface area contributed by atoms with Crippen LogP contribution in [0.15, 0.2) is 10.8 Å². The summed E-state index contributed by atoms with van der Waals surface area (Å²) in [6.45, 7) is 0. The van der Waals surface area contributed by atoms with Crippen LogP contribution in [0.3, 0.4) is 0 Å². The van der Waals surface area contributed by atoms with Crippen LogP contribution in [0, 0.1) is 11.3 Å². The summed E-state index contributed by atoms with van der Waals surface area (Å²) >= 11 is 8.24. The number of halogens is 5. The van der Waals surface area contributed by atoms with Gasteiger partial charge in [-0.05, 0) is 15.9 Å². The highest BCUT2D eigenvalue weighted by Gasteiger charge is 2.34. The molecule has 0 radical (unpaired) electrons. The molecule has 1 rings (SSSR count). The molecular formula is C7HBrClF3N2O. The van der Waals surface area contributed by atoms with E-state index in [0.29, 0.717) is 0 Å². The van der Waals surface area contributed by atoms with Crippen LogP contribution in [0.1, 0.15) is 5.56 Å². The zero-order chi connectivity index (χ0) is 11.6. The van der Waals surface area contributed by atoms with E-state index in [-0.39, 0.29) is 9.63 Å². The molecule has 0 aromatic carbocycles. The Bertz CT molecular complexity index is 429. The molecule has 8 heteroatoms. The molecule has 1 aromatic rings. The number of nitriles is 1. The van der Waals surface area contributed by atoms with E-state index >= 15 is 0 Å². The average Bonchev–Trinajstić information content (AvgIpc) is 2.10. The fourth-order valence-electron chi connectivity index (χ4n) is 0.762. The summed E-state index contributed by atoms with van der Waals surface area (Å²) in [5.74, 6) is -0.756. The summed E-state index contributed by atoms with van der Waals surface area (Å²) < 4.78 is 39.4. The zero-order valence-electron chi connectivity index (χ0n) is 6.77. The zero-order valence-corrected chi connectivity index (χ0v) is 9.11. The topological polar surface area (TPSA) is 45.9 Å². The number of ether oxygens (including phenoxy) is 1. The van der Waals surface area contributed by atoms with Crippen LogP contribution in [0.2, 0.25) is 5.02 Å². The third-order valence-electron chi connectivity index (χ3n) is 1.27. The molecule has 0 spiro atoms. The number of rotatable bonds is 1. The largest absolute Gasteiger partial charge is 0.573 e. The molecule has 0 N–H and O–H groups in total. The molecule has 0 aliphatic heterocycles. The first kappa shape index (κ1) is 12.1. The predicted molar refractivity (Wildman–Crippen MR) is 48.3 cm³/mol. The summed E-state index contributed by atoms with van der Waals surface area (Å²) in [5, 5.41) is 8.21. The molecule has 0 fully saturated rings.